The van der Waals surface area contributed by atoms with Gasteiger partial charge in [-0.05, 0) is 55.7 Å². The lowest BCUT2D eigenvalue weighted by atomic mass is 9.92. The lowest BCUT2D eigenvalue weighted by molar-refractivity contribution is 0.445. The average Bonchev–Trinajstić information content (AvgIpc) is 2.59. The van der Waals surface area contributed by atoms with Crippen LogP contribution in [0.2, 0.25) is 0 Å². The summed E-state index contributed by atoms with van der Waals surface area (Å²) in [4.78, 5) is 0. The maximum absolute atomic E-state index is 3.68. The number of nitrogens with one attached hydrogen (secondary N) is 1. The van der Waals surface area contributed by atoms with Crippen molar-refractivity contribution in [1.29, 1.82) is 0 Å². The third-order valence-corrected chi connectivity index (χ3v) is 3.61. The van der Waals surface area contributed by atoms with Crippen LogP contribution in [0.5, 0.6) is 0 Å². The number of fused-ring (bicyclic) bond motifs is 1. The van der Waals surface area contributed by atoms with E-state index in [1.54, 1.807) is 11.1 Å². The van der Waals surface area contributed by atoms with Gasteiger partial charge in [0.1, 0.15) is 0 Å². The first kappa shape index (κ1) is 8.34. The van der Waals surface area contributed by atoms with E-state index in [2.05, 4.69) is 23.5 Å². The molecule has 1 saturated carbocycles. The maximum atomic E-state index is 3.68. The van der Waals surface area contributed by atoms with Gasteiger partial charge in [-0.2, -0.15) is 0 Å². The summed E-state index contributed by atoms with van der Waals surface area (Å²) >= 11 is 0. The van der Waals surface area contributed by atoms with Gasteiger partial charge in [0.2, 0.25) is 0 Å². The minimum atomic E-state index is 0.766. The van der Waals surface area contributed by atoms with E-state index < -0.39 is 0 Å². The molecular formula is C13H17N. The molecule has 1 nitrogen and oxygen atoms in total. The number of aryl methyl sites for hydroxylation is 1. The van der Waals surface area contributed by atoms with E-state index in [0.29, 0.717) is 0 Å². The van der Waals surface area contributed by atoms with Crippen molar-refractivity contribution in [2.24, 2.45) is 0 Å². The highest BCUT2D eigenvalue weighted by molar-refractivity contribution is 5.57. The van der Waals surface area contributed by atoms with Gasteiger partial charge in [-0.15, -0.1) is 0 Å². The quantitative estimate of drug-likeness (QED) is 0.750. The number of benzene rings is 1. The van der Waals surface area contributed by atoms with Crippen LogP contribution in [0.3, 0.4) is 0 Å². The second-order valence-electron chi connectivity index (χ2n) is 4.57. The standard InChI is InChI=1S/C13H17N/c1-4-10-5-2-9-13(12(10)8-1)14-11-6-3-7-11/h2,5,9,11,14H,1,3-4,6-8H2. The van der Waals surface area contributed by atoms with Crippen LogP contribution < -0.4 is 5.32 Å². The summed E-state index contributed by atoms with van der Waals surface area (Å²) < 4.78 is 0. The van der Waals surface area contributed by atoms with Crippen LogP contribution in [0.1, 0.15) is 36.8 Å². The van der Waals surface area contributed by atoms with Crippen molar-refractivity contribution in [2.75, 3.05) is 5.32 Å². The van der Waals surface area contributed by atoms with Crippen molar-refractivity contribution >= 4 is 5.69 Å². The molecular weight excluding hydrogens is 170 g/mol. The molecule has 0 unspecified atom stereocenters. The summed E-state index contributed by atoms with van der Waals surface area (Å²) in [6.45, 7) is 0. The second kappa shape index (κ2) is 3.30. The van der Waals surface area contributed by atoms with Crippen molar-refractivity contribution in [3.63, 3.8) is 0 Å². The van der Waals surface area contributed by atoms with Crippen molar-refractivity contribution < 1.29 is 0 Å². The Balaban J connectivity index is 1.85. The number of hydrogen-bond donors (Lipinski definition) is 1. The molecule has 1 aromatic carbocycles. The third kappa shape index (κ3) is 1.31. The lowest BCUT2D eigenvalue weighted by Crippen LogP contribution is -2.27. The summed E-state index contributed by atoms with van der Waals surface area (Å²) in [7, 11) is 0. The van der Waals surface area contributed by atoms with Crippen LogP contribution in [0.25, 0.3) is 0 Å². The summed E-state index contributed by atoms with van der Waals surface area (Å²) in [5, 5.41) is 3.68. The Morgan fingerprint density at radius 1 is 1.07 bits per heavy atom. The Bertz CT molecular complexity index is 339. The Labute approximate surface area is 85.5 Å². The van der Waals surface area contributed by atoms with E-state index in [9.17, 15) is 0 Å². The van der Waals surface area contributed by atoms with Gasteiger partial charge in [-0.3, -0.25) is 0 Å². The number of hydrogen-bond acceptors (Lipinski definition) is 1. The first-order valence-corrected chi connectivity index (χ1v) is 5.81. The van der Waals surface area contributed by atoms with Gasteiger partial charge in [0.05, 0.1) is 0 Å². The normalized spacial score (nSPS) is 20.3. The Kier molecular flexibility index (Phi) is 1.97. The fourth-order valence-corrected chi connectivity index (χ4v) is 2.53. The molecule has 0 amide bonds. The molecule has 14 heavy (non-hydrogen) atoms. The van der Waals surface area contributed by atoms with Crippen molar-refractivity contribution in [1.82, 2.24) is 0 Å². The van der Waals surface area contributed by atoms with Gasteiger partial charge in [0.15, 0.2) is 0 Å². The molecule has 0 aliphatic heterocycles. The SMILES string of the molecule is c1cc2c(c(NC3CCC3)c1)CCC2. The van der Waals surface area contributed by atoms with Crippen LogP contribution in [-0.4, -0.2) is 6.04 Å². The zero-order valence-electron chi connectivity index (χ0n) is 8.55. The molecule has 0 aromatic heterocycles. The molecule has 1 N–H and O–H groups in total. The molecule has 0 heterocycles. The zero-order chi connectivity index (χ0) is 9.38. The molecule has 0 spiro atoms. The fraction of sp³-hybridized carbons (Fsp3) is 0.538. The van der Waals surface area contributed by atoms with E-state index >= 15 is 0 Å². The predicted octanol–water partition coefficient (Wildman–Crippen LogP) is 3.14. The molecule has 3 rings (SSSR count). The summed E-state index contributed by atoms with van der Waals surface area (Å²) in [5.74, 6) is 0. The molecule has 1 aromatic rings. The molecule has 0 bridgehead atoms. The minimum absolute atomic E-state index is 0.766. The summed E-state index contributed by atoms with van der Waals surface area (Å²) in [6, 6.07) is 7.50. The van der Waals surface area contributed by atoms with Crippen LogP contribution in [-0.2, 0) is 12.8 Å². The van der Waals surface area contributed by atoms with Crippen LogP contribution in [0.15, 0.2) is 18.2 Å². The molecule has 1 heteroatoms. The fourth-order valence-electron chi connectivity index (χ4n) is 2.53. The van der Waals surface area contributed by atoms with Gasteiger partial charge >= 0.3 is 0 Å². The highest BCUT2D eigenvalue weighted by Crippen LogP contribution is 2.31. The molecule has 0 saturated heterocycles. The summed E-state index contributed by atoms with van der Waals surface area (Å²) in [6.07, 6.45) is 8.06. The smallest absolute Gasteiger partial charge is 0.0377 e. The zero-order valence-corrected chi connectivity index (χ0v) is 8.55. The molecule has 0 atom stereocenters. The summed E-state index contributed by atoms with van der Waals surface area (Å²) in [5.41, 5.74) is 4.60. The molecule has 0 radical (unpaired) electrons. The Morgan fingerprint density at radius 3 is 2.79 bits per heavy atom. The highest BCUT2D eigenvalue weighted by atomic mass is 14.9. The van der Waals surface area contributed by atoms with E-state index in [4.69, 9.17) is 0 Å². The lowest BCUT2D eigenvalue weighted by Gasteiger charge is -2.28. The number of anilines is 1. The van der Waals surface area contributed by atoms with Crippen molar-refractivity contribution in [3.05, 3.63) is 29.3 Å². The van der Waals surface area contributed by atoms with E-state index in [0.717, 1.165) is 6.04 Å². The largest absolute Gasteiger partial charge is 0.382 e. The van der Waals surface area contributed by atoms with Crippen LogP contribution in [0.4, 0.5) is 5.69 Å². The van der Waals surface area contributed by atoms with Crippen LogP contribution >= 0.6 is 0 Å². The molecule has 2 aliphatic rings. The average molecular weight is 187 g/mol. The first-order valence-electron chi connectivity index (χ1n) is 5.81. The van der Waals surface area contributed by atoms with Gasteiger partial charge in [-0.1, -0.05) is 12.1 Å². The monoisotopic (exact) mass is 187 g/mol. The van der Waals surface area contributed by atoms with Gasteiger partial charge in [-0.25, -0.2) is 0 Å². The van der Waals surface area contributed by atoms with E-state index in [1.807, 2.05) is 0 Å². The molecule has 1 fully saturated rings. The van der Waals surface area contributed by atoms with Crippen molar-refractivity contribution in [2.45, 2.75) is 44.6 Å². The van der Waals surface area contributed by atoms with E-state index in [-0.39, 0.29) is 0 Å². The van der Waals surface area contributed by atoms with Crippen molar-refractivity contribution in [3.8, 4) is 0 Å². The topological polar surface area (TPSA) is 12.0 Å². The molecule has 74 valence electrons. The van der Waals surface area contributed by atoms with E-state index in [1.165, 1.54) is 44.2 Å². The first-order chi connectivity index (χ1) is 6.93. The number of rotatable bonds is 2. The Morgan fingerprint density at radius 2 is 2.00 bits per heavy atom. The highest BCUT2D eigenvalue weighted by Gasteiger charge is 2.20. The minimum Gasteiger partial charge on any atom is -0.382 e. The van der Waals surface area contributed by atoms with Crippen LogP contribution in [0, 0.1) is 0 Å². The van der Waals surface area contributed by atoms with Gasteiger partial charge in [0, 0.05) is 11.7 Å². The van der Waals surface area contributed by atoms with Gasteiger partial charge in [0.25, 0.3) is 0 Å². The Hall–Kier alpha value is -0.980. The molecule has 2 aliphatic carbocycles. The maximum Gasteiger partial charge on any atom is 0.0377 e. The second-order valence-corrected chi connectivity index (χ2v) is 4.57. The third-order valence-electron chi connectivity index (χ3n) is 3.61. The van der Waals surface area contributed by atoms with Gasteiger partial charge < -0.3 is 5.32 Å². The predicted molar refractivity (Wildman–Crippen MR) is 59.7 cm³/mol.